The van der Waals surface area contributed by atoms with E-state index in [1.165, 1.54) is 11.8 Å². The van der Waals surface area contributed by atoms with Gasteiger partial charge in [-0.05, 0) is 13.2 Å². The van der Waals surface area contributed by atoms with Gasteiger partial charge in [-0.25, -0.2) is 0 Å². The van der Waals surface area contributed by atoms with Crippen molar-refractivity contribution in [2.24, 2.45) is 0 Å². The molecular weight excluding hydrogens is 216 g/mol. The molecule has 0 bridgehead atoms. The van der Waals surface area contributed by atoms with Crippen LogP contribution in [0.15, 0.2) is 16.1 Å². The first kappa shape index (κ1) is 12.2. The van der Waals surface area contributed by atoms with Crippen molar-refractivity contribution in [2.75, 3.05) is 12.9 Å². The molecule has 2 N–H and O–H groups in total. The van der Waals surface area contributed by atoms with Crippen LogP contribution in [0.4, 0.5) is 0 Å². The first-order valence-electron chi connectivity index (χ1n) is 4.49. The number of hydrogen-bond donors (Lipinski definition) is 2. The second-order valence-corrected chi connectivity index (χ2v) is 3.98. The van der Waals surface area contributed by atoms with Crippen molar-refractivity contribution in [3.63, 3.8) is 0 Å². The summed E-state index contributed by atoms with van der Waals surface area (Å²) in [4.78, 5) is 15.1. The van der Waals surface area contributed by atoms with Crippen molar-refractivity contribution in [3.05, 3.63) is 22.1 Å². The van der Waals surface area contributed by atoms with Crippen LogP contribution in [0, 0.1) is 6.92 Å². The minimum Gasteiger partial charge on any atom is -0.394 e. The number of aryl methyl sites for hydroxylation is 1. The molecule has 0 saturated carbocycles. The zero-order valence-corrected chi connectivity index (χ0v) is 9.49. The molecule has 0 fully saturated rings. The van der Waals surface area contributed by atoms with Gasteiger partial charge < -0.3 is 14.8 Å². The molecule has 0 amide bonds. The molecule has 15 heavy (non-hydrogen) atoms. The SMILES string of the molecule is CSc1nc(=O)c(C)cn1CC(O)CO. The maximum Gasteiger partial charge on any atom is 0.276 e. The van der Waals surface area contributed by atoms with Crippen LogP contribution in [-0.4, -0.2) is 38.7 Å². The van der Waals surface area contributed by atoms with Crippen LogP contribution in [0.3, 0.4) is 0 Å². The predicted molar refractivity (Wildman–Crippen MR) is 58.1 cm³/mol. The predicted octanol–water partition coefficient (Wildman–Crippen LogP) is -0.373. The topological polar surface area (TPSA) is 75.4 Å². The molecule has 0 aliphatic heterocycles. The summed E-state index contributed by atoms with van der Waals surface area (Å²) in [5.74, 6) is 0. The second kappa shape index (κ2) is 5.29. The average Bonchev–Trinajstić information content (AvgIpc) is 2.22. The van der Waals surface area contributed by atoms with E-state index in [9.17, 15) is 9.90 Å². The van der Waals surface area contributed by atoms with E-state index in [-0.39, 0.29) is 18.7 Å². The largest absolute Gasteiger partial charge is 0.394 e. The highest BCUT2D eigenvalue weighted by Gasteiger charge is 2.08. The van der Waals surface area contributed by atoms with E-state index in [1.807, 2.05) is 0 Å². The fourth-order valence-corrected chi connectivity index (χ4v) is 1.70. The molecule has 1 heterocycles. The van der Waals surface area contributed by atoms with Gasteiger partial charge in [0.05, 0.1) is 19.3 Å². The molecule has 0 aliphatic carbocycles. The Bertz CT molecular complexity index is 391. The van der Waals surface area contributed by atoms with Crippen LogP contribution in [0.5, 0.6) is 0 Å². The van der Waals surface area contributed by atoms with Gasteiger partial charge >= 0.3 is 0 Å². The van der Waals surface area contributed by atoms with Crippen LogP contribution in [-0.2, 0) is 6.54 Å². The molecule has 6 heteroatoms. The fourth-order valence-electron chi connectivity index (χ4n) is 1.16. The van der Waals surface area contributed by atoms with Crippen LogP contribution >= 0.6 is 11.8 Å². The molecule has 1 rings (SSSR count). The summed E-state index contributed by atoms with van der Waals surface area (Å²) in [6.07, 6.45) is 2.61. The zero-order chi connectivity index (χ0) is 11.4. The van der Waals surface area contributed by atoms with Crippen LogP contribution in [0.2, 0.25) is 0 Å². The maximum absolute atomic E-state index is 11.3. The molecule has 1 unspecified atom stereocenters. The highest BCUT2D eigenvalue weighted by Crippen LogP contribution is 2.10. The van der Waals surface area contributed by atoms with Gasteiger partial charge in [0, 0.05) is 11.8 Å². The highest BCUT2D eigenvalue weighted by atomic mass is 32.2. The normalized spacial score (nSPS) is 12.8. The molecule has 1 aromatic heterocycles. The Labute approximate surface area is 91.8 Å². The lowest BCUT2D eigenvalue weighted by Gasteiger charge is -2.14. The Morgan fingerprint density at radius 2 is 2.33 bits per heavy atom. The van der Waals surface area contributed by atoms with Crippen molar-refractivity contribution in [3.8, 4) is 0 Å². The Morgan fingerprint density at radius 3 is 2.87 bits per heavy atom. The maximum atomic E-state index is 11.3. The average molecular weight is 230 g/mol. The number of nitrogens with zero attached hydrogens (tertiary/aromatic N) is 2. The van der Waals surface area contributed by atoms with E-state index >= 15 is 0 Å². The van der Waals surface area contributed by atoms with Gasteiger partial charge in [0.1, 0.15) is 0 Å². The van der Waals surface area contributed by atoms with E-state index in [0.29, 0.717) is 10.7 Å². The summed E-state index contributed by atoms with van der Waals surface area (Å²) >= 11 is 1.33. The van der Waals surface area contributed by atoms with Gasteiger partial charge in [-0.1, -0.05) is 11.8 Å². The van der Waals surface area contributed by atoms with Crippen molar-refractivity contribution in [1.82, 2.24) is 9.55 Å². The van der Waals surface area contributed by atoms with E-state index in [1.54, 1.807) is 23.9 Å². The second-order valence-electron chi connectivity index (χ2n) is 3.20. The lowest BCUT2D eigenvalue weighted by Crippen LogP contribution is -2.24. The molecule has 1 atom stereocenters. The molecule has 84 valence electrons. The summed E-state index contributed by atoms with van der Waals surface area (Å²) in [5, 5.41) is 18.6. The third-order valence-corrected chi connectivity index (χ3v) is 2.62. The minimum absolute atomic E-state index is 0.237. The Hall–Kier alpha value is -0.850. The summed E-state index contributed by atoms with van der Waals surface area (Å²) in [6, 6.07) is 0. The van der Waals surface area contributed by atoms with Crippen molar-refractivity contribution in [2.45, 2.75) is 24.7 Å². The van der Waals surface area contributed by atoms with Crippen molar-refractivity contribution in [1.29, 1.82) is 0 Å². The standard InChI is InChI=1S/C9H14N2O3S/c1-6-3-11(4-7(13)5-12)9(15-2)10-8(6)14/h3,7,12-13H,4-5H2,1-2H3. The van der Waals surface area contributed by atoms with Gasteiger partial charge in [-0.2, -0.15) is 4.98 Å². The van der Waals surface area contributed by atoms with Crippen molar-refractivity contribution >= 4 is 11.8 Å². The molecule has 1 aromatic rings. The van der Waals surface area contributed by atoms with E-state index in [0.717, 1.165) is 0 Å². The zero-order valence-electron chi connectivity index (χ0n) is 8.67. The summed E-state index contributed by atoms with van der Waals surface area (Å²) in [6.45, 7) is 1.60. The minimum atomic E-state index is -0.834. The summed E-state index contributed by atoms with van der Waals surface area (Å²) in [7, 11) is 0. The molecular formula is C9H14N2O3S. The first-order valence-corrected chi connectivity index (χ1v) is 5.72. The third-order valence-electron chi connectivity index (χ3n) is 1.93. The van der Waals surface area contributed by atoms with Gasteiger partial charge in [-0.3, -0.25) is 4.79 Å². The van der Waals surface area contributed by atoms with Gasteiger partial charge in [-0.15, -0.1) is 0 Å². The quantitative estimate of drug-likeness (QED) is 0.545. The lowest BCUT2D eigenvalue weighted by atomic mass is 10.3. The lowest BCUT2D eigenvalue weighted by molar-refractivity contribution is 0.0786. The van der Waals surface area contributed by atoms with Gasteiger partial charge in [0.2, 0.25) is 0 Å². The highest BCUT2D eigenvalue weighted by molar-refractivity contribution is 7.98. The van der Waals surface area contributed by atoms with Gasteiger partial charge in [0.25, 0.3) is 5.56 Å². The Balaban J connectivity index is 3.05. The smallest absolute Gasteiger partial charge is 0.276 e. The molecule has 0 saturated heterocycles. The number of aromatic nitrogens is 2. The van der Waals surface area contributed by atoms with Crippen molar-refractivity contribution < 1.29 is 10.2 Å². The van der Waals surface area contributed by atoms with E-state index in [4.69, 9.17) is 5.11 Å². The molecule has 0 radical (unpaired) electrons. The summed E-state index contributed by atoms with van der Waals surface area (Å²) < 4.78 is 1.67. The number of thioether (sulfide) groups is 1. The van der Waals surface area contributed by atoms with E-state index < -0.39 is 6.10 Å². The van der Waals surface area contributed by atoms with Crippen LogP contribution in [0.25, 0.3) is 0 Å². The number of aliphatic hydroxyl groups excluding tert-OH is 2. The number of rotatable bonds is 4. The molecule has 0 aliphatic rings. The monoisotopic (exact) mass is 230 g/mol. The van der Waals surface area contributed by atoms with Crippen LogP contribution in [0.1, 0.15) is 5.56 Å². The Morgan fingerprint density at radius 1 is 1.67 bits per heavy atom. The van der Waals surface area contributed by atoms with Crippen LogP contribution < -0.4 is 5.56 Å². The molecule has 0 spiro atoms. The Kier molecular flexibility index (Phi) is 4.31. The number of hydrogen-bond acceptors (Lipinski definition) is 5. The first-order chi connectivity index (χ1) is 7.08. The fraction of sp³-hybridized carbons (Fsp3) is 0.556. The third kappa shape index (κ3) is 3.05. The van der Waals surface area contributed by atoms with Gasteiger partial charge in [0.15, 0.2) is 5.16 Å². The summed E-state index contributed by atoms with van der Waals surface area (Å²) in [5.41, 5.74) is 0.270. The number of aliphatic hydroxyl groups is 2. The molecule has 5 nitrogen and oxygen atoms in total. The molecule has 0 aromatic carbocycles. The van der Waals surface area contributed by atoms with E-state index in [2.05, 4.69) is 4.98 Å².